The molecule has 7 heteroatoms. The maximum absolute atomic E-state index is 11.9. The third kappa shape index (κ3) is 2.10. The molecule has 7 nitrogen and oxygen atoms in total. The Kier molecular flexibility index (Phi) is 3.11. The lowest BCUT2D eigenvalue weighted by Gasteiger charge is -2.44. The predicted octanol–water partition coefficient (Wildman–Crippen LogP) is 1.75. The van der Waals surface area contributed by atoms with Crippen LogP contribution in [0, 0.1) is 6.92 Å². The smallest absolute Gasteiger partial charge is 0.410 e. The van der Waals surface area contributed by atoms with Crippen molar-refractivity contribution in [3.05, 3.63) is 24.2 Å². The summed E-state index contributed by atoms with van der Waals surface area (Å²) in [4.78, 5) is 29.5. The number of anilines is 1. The third-order valence-electron chi connectivity index (χ3n) is 4.86. The Morgan fingerprint density at radius 3 is 3.04 bits per heavy atom. The van der Waals surface area contributed by atoms with Crippen LogP contribution in [0.25, 0.3) is 11.0 Å². The Balaban J connectivity index is 1.76. The van der Waals surface area contributed by atoms with Crippen molar-refractivity contribution in [1.82, 2.24) is 19.9 Å². The van der Waals surface area contributed by atoms with Gasteiger partial charge < -0.3 is 9.64 Å². The van der Waals surface area contributed by atoms with Gasteiger partial charge in [0, 0.05) is 25.8 Å². The van der Waals surface area contributed by atoms with Crippen LogP contribution < -0.4 is 4.90 Å². The van der Waals surface area contributed by atoms with Gasteiger partial charge in [-0.05, 0) is 25.5 Å². The van der Waals surface area contributed by atoms with E-state index in [4.69, 9.17) is 4.74 Å². The summed E-state index contributed by atoms with van der Waals surface area (Å²) in [5, 5.41) is 0.947. The minimum Gasteiger partial charge on any atom is -0.447 e. The van der Waals surface area contributed by atoms with Crippen LogP contribution in [0.3, 0.4) is 0 Å². The monoisotopic (exact) mass is 313 g/mol. The Hall–Kier alpha value is -2.44. The Labute approximate surface area is 134 Å². The molecule has 0 bridgehead atoms. The molecular weight excluding hydrogens is 294 g/mol. The predicted molar refractivity (Wildman–Crippen MR) is 85.4 cm³/mol. The fourth-order valence-electron chi connectivity index (χ4n) is 3.54. The number of fused-ring (bicyclic) bond motifs is 2. The molecule has 23 heavy (non-hydrogen) atoms. The quantitative estimate of drug-likeness (QED) is 0.841. The van der Waals surface area contributed by atoms with Gasteiger partial charge in [0.05, 0.1) is 10.9 Å². The fraction of sp³-hybridized carbons (Fsp3) is 0.500. The Morgan fingerprint density at radius 2 is 2.22 bits per heavy atom. The minimum absolute atomic E-state index is 0.197. The topological polar surface area (TPSA) is 71.5 Å². The molecule has 4 heterocycles. The van der Waals surface area contributed by atoms with Crippen LogP contribution in [-0.2, 0) is 4.74 Å². The molecule has 4 rings (SSSR count). The van der Waals surface area contributed by atoms with Gasteiger partial charge in [-0.1, -0.05) is 6.92 Å². The Morgan fingerprint density at radius 1 is 1.35 bits per heavy atom. The van der Waals surface area contributed by atoms with Gasteiger partial charge in [-0.15, -0.1) is 0 Å². The summed E-state index contributed by atoms with van der Waals surface area (Å²) in [6, 6.07) is 3.90. The number of carbonyl (C=O) groups is 1. The first kappa shape index (κ1) is 14.2. The molecule has 0 spiro atoms. The van der Waals surface area contributed by atoms with E-state index in [9.17, 15) is 4.79 Å². The van der Waals surface area contributed by atoms with Crippen molar-refractivity contribution in [2.75, 3.05) is 31.1 Å². The van der Waals surface area contributed by atoms with Crippen molar-refractivity contribution in [2.24, 2.45) is 0 Å². The largest absolute Gasteiger partial charge is 0.447 e. The van der Waals surface area contributed by atoms with Gasteiger partial charge in [0.1, 0.15) is 18.2 Å². The van der Waals surface area contributed by atoms with Gasteiger partial charge in [0.15, 0.2) is 5.65 Å². The molecule has 1 unspecified atom stereocenters. The maximum Gasteiger partial charge on any atom is 0.410 e. The van der Waals surface area contributed by atoms with Crippen LogP contribution >= 0.6 is 0 Å². The van der Waals surface area contributed by atoms with Crippen molar-refractivity contribution in [3.8, 4) is 0 Å². The van der Waals surface area contributed by atoms with E-state index in [0.29, 0.717) is 24.6 Å². The molecule has 0 radical (unpaired) electrons. The van der Waals surface area contributed by atoms with E-state index < -0.39 is 0 Å². The molecular formula is C16H19N5O2. The lowest BCUT2D eigenvalue weighted by atomic mass is 9.93. The number of aryl methyl sites for hydroxylation is 1. The first-order chi connectivity index (χ1) is 11.1. The van der Waals surface area contributed by atoms with E-state index in [1.54, 1.807) is 6.20 Å². The standard InChI is InChI=1S/C16H19N5O2/c1-3-16-9-20(7-8-21(16)15(22)23-10-16)14-12-5-4-6-17-13(12)18-11(2)19-14/h4-6H,3,7-10H2,1-2H3. The number of amides is 1. The van der Waals surface area contributed by atoms with Crippen LogP contribution in [0.5, 0.6) is 0 Å². The second-order valence-corrected chi connectivity index (χ2v) is 6.17. The summed E-state index contributed by atoms with van der Waals surface area (Å²) in [5.74, 6) is 1.60. The summed E-state index contributed by atoms with van der Waals surface area (Å²) < 4.78 is 5.30. The molecule has 2 fully saturated rings. The summed E-state index contributed by atoms with van der Waals surface area (Å²) in [6.07, 6.45) is 2.40. The van der Waals surface area contributed by atoms with Crippen LogP contribution in [0.2, 0.25) is 0 Å². The van der Waals surface area contributed by atoms with E-state index in [2.05, 4.69) is 26.8 Å². The molecule has 2 aromatic heterocycles. The summed E-state index contributed by atoms with van der Waals surface area (Å²) in [5.41, 5.74) is 0.449. The van der Waals surface area contributed by atoms with Crippen LogP contribution in [-0.4, -0.2) is 57.7 Å². The maximum atomic E-state index is 11.9. The first-order valence-corrected chi connectivity index (χ1v) is 7.92. The lowest BCUT2D eigenvalue weighted by molar-refractivity contribution is 0.137. The number of rotatable bonds is 2. The molecule has 0 aromatic carbocycles. The van der Waals surface area contributed by atoms with Gasteiger partial charge in [0.25, 0.3) is 0 Å². The third-order valence-corrected chi connectivity index (χ3v) is 4.86. The molecule has 2 aromatic rings. The molecule has 1 atom stereocenters. The molecule has 2 saturated heterocycles. The average Bonchev–Trinajstić information content (AvgIpc) is 2.91. The molecule has 1 amide bonds. The minimum atomic E-state index is -0.261. The highest BCUT2D eigenvalue weighted by atomic mass is 16.6. The van der Waals surface area contributed by atoms with Crippen molar-refractivity contribution in [1.29, 1.82) is 0 Å². The zero-order chi connectivity index (χ0) is 16.0. The highest BCUT2D eigenvalue weighted by Gasteiger charge is 2.49. The van der Waals surface area contributed by atoms with Gasteiger partial charge in [-0.2, -0.15) is 0 Å². The summed E-state index contributed by atoms with van der Waals surface area (Å²) in [6.45, 7) is 6.53. The summed E-state index contributed by atoms with van der Waals surface area (Å²) >= 11 is 0. The molecule has 0 N–H and O–H groups in total. The van der Waals surface area contributed by atoms with Crippen LogP contribution in [0.15, 0.2) is 18.3 Å². The number of hydrogen-bond acceptors (Lipinski definition) is 6. The molecule has 0 aliphatic carbocycles. The molecule has 120 valence electrons. The van der Waals surface area contributed by atoms with E-state index in [-0.39, 0.29) is 11.6 Å². The van der Waals surface area contributed by atoms with E-state index in [1.165, 1.54) is 0 Å². The SMILES string of the molecule is CCC12COC(=O)N1CCN(c1nc(C)nc3ncccc13)C2. The average molecular weight is 313 g/mol. The van der Waals surface area contributed by atoms with E-state index >= 15 is 0 Å². The highest BCUT2D eigenvalue weighted by Crippen LogP contribution is 2.34. The second kappa shape index (κ2) is 5.04. The zero-order valence-corrected chi connectivity index (χ0v) is 13.3. The number of pyridine rings is 1. The zero-order valence-electron chi connectivity index (χ0n) is 13.3. The summed E-state index contributed by atoms with van der Waals surface area (Å²) in [7, 11) is 0. The fourth-order valence-corrected chi connectivity index (χ4v) is 3.54. The van der Waals surface area contributed by atoms with Crippen LogP contribution in [0.1, 0.15) is 19.2 Å². The number of ether oxygens (including phenoxy) is 1. The normalized spacial score (nSPS) is 24.0. The molecule has 0 saturated carbocycles. The van der Waals surface area contributed by atoms with Crippen LogP contribution in [0.4, 0.5) is 10.6 Å². The molecule has 2 aliphatic rings. The van der Waals surface area contributed by atoms with Gasteiger partial charge >= 0.3 is 6.09 Å². The molecule has 2 aliphatic heterocycles. The van der Waals surface area contributed by atoms with Gasteiger partial charge in [-0.25, -0.2) is 19.7 Å². The number of piperazine rings is 1. The lowest BCUT2D eigenvalue weighted by Crippen LogP contribution is -2.61. The number of carbonyl (C=O) groups excluding carboxylic acids is 1. The van der Waals surface area contributed by atoms with Crippen molar-refractivity contribution in [3.63, 3.8) is 0 Å². The first-order valence-electron chi connectivity index (χ1n) is 7.92. The number of cyclic esters (lactones) is 1. The number of hydrogen-bond donors (Lipinski definition) is 0. The second-order valence-electron chi connectivity index (χ2n) is 6.17. The van der Waals surface area contributed by atoms with Crippen molar-refractivity contribution < 1.29 is 9.53 Å². The Bertz CT molecular complexity index is 780. The van der Waals surface area contributed by atoms with E-state index in [1.807, 2.05) is 24.0 Å². The number of nitrogens with zero attached hydrogens (tertiary/aromatic N) is 5. The number of aromatic nitrogens is 3. The highest BCUT2D eigenvalue weighted by molar-refractivity contribution is 5.87. The van der Waals surface area contributed by atoms with Crippen molar-refractivity contribution in [2.45, 2.75) is 25.8 Å². The van der Waals surface area contributed by atoms with Crippen molar-refractivity contribution >= 4 is 22.9 Å². The van der Waals surface area contributed by atoms with Gasteiger partial charge in [0.2, 0.25) is 0 Å². The van der Waals surface area contributed by atoms with Gasteiger partial charge in [-0.3, -0.25) is 4.90 Å². The van der Waals surface area contributed by atoms with E-state index in [0.717, 1.165) is 30.7 Å².